The molecular formula is C95H168N4O40. The first kappa shape index (κ1) is 121. The van der Waals surface area contributed by atoms with E-state index in [1.807, 2.05) is 0 Å². The van der Waals surface area contributed by atoms with E-state index in [9.17, 15) is 131 Å². The minimum Gasteiger partial charge on any atom is -0.477 e. The lowest BCUT2D eigenvalue weighted by atomic mass is 9.88. The number of ether oxygens (including phenoxy) is 14. The van der Waals surface area contributed by atoms with Crippen LogP contribution in [0, 0.1) is 0 Å². The Hall–Kier alpha value is -4.53. The molecule has 44 nitrogen and oxygen atoms in total. The number of rotatable bonds is 65. The number of carboxylic acid groups (broad SMARTS) is 1. The van der Waals surface area contributed by atoms with Crippen molar-refractivity contribution in [2.75, 3.05) is 46.2 Å². The van der Waals surface area contributed by atoms with Gasteiger partial charge in [-0.1, -0.05) is 205 Å². The van der Waals surface area contributed by atoms with Gasteiger partial charge in [0, 0.05) is 33.6 Å². The third-order valence-electron chi connectivity index (χ3n) is 26.8. The Labute approximate surface area is 814 Å². The van der Waals surface area contributed by atoms with Crippen molar-refractivity contribution in [2.45, 2.75) is 499 Å². The largest absolute Gasteiger partial charge is 0.477 e. The van der Waals surface area contributed by atoms with Gasteiger partial charge >= 0.3 is 5.97 Å². The molecule has 7 heterocycles. The number of unbranched alkanes of at least 4 members (excludes halogenated alkanes) is 30. The summed E-state index contributed by atoms with van der Waals surface area (Å²) in [6, 6.07) is -6.93. The van der Waals surface area contributed by atoms with Crippen LogP contribution in [0.4, 0.5) is 0 Å². The van der Waals surface area contributed by atoms with Crippen LogP contribution in [-0.4, -0.2) is 416 Å². The summed E-state index contributed by atoms with van der Waals surface area (Å²) in [4.78, 5) is 67.2. The molecule has 4 amide bonds. The summed E-state index contributed by atoms with van der Waals surface area (Å²) in [5.41, 5.74) is 0. The van der Waals surface area contributed by atoms with Crippen molar-refractivity contribution in [1.82, 2.24) is 21.3 Å². The maximum atomic E-state index is 14.1. The molecule has 7 saturated heterocycles. The number of hydrogen-bond donors (Lipinski definition) is 25. The number of aliphatic carboxylic acids is 1. The van der Waals surface area contributed by atoms with E-state index in [1.54, 1.807) is 6.08 Å². The van der Waals surface area contributed by atoms with Crippen LogP contribution in [0.3, 0.4) is 0 Å². The average molecular weight is 2010 g/mol. The molecule has 0 spiro atoms. The Morgan fingerprint density at radius 1 is 0.388 bits per heavy atom. The summed E-state index contributed by atoms with van der Waals surface area (Å²) in [6.07, 6.45) is -25.0. The van der Waals surface area contributed by atoms with E-state index in [1.165, 1.54) is 141 Å². The number of nitrogens with one attached hydrogen (secondary N) is 4. The van der Waals surface area contributed by atoms with Crippen LogP contribution >= 0.6 is 0 Å². The Balaban J connectivity index is 1.11. The topological polar surface area (TPSA) is 688 Å². The van der Waals surface area contributed by atoms with Gasteiger partial charge in [-0.2, -0.15) is 0 Å². The van der Waals surface area contributed by atoms with E-state index >= 15 is 0 Å². The smallest absolute Gasteiger partial charge is 0.364 e. The van der Waals surface area contributed by atoms with Gasteiger partial charge in [-0.15, -0.1) is 0 Å². The van der Waals surface area contributed by atoms with Crippen LogP contribution in [-0.2, 0) is 90.3 Å². The molecule has 0 aromatic rings. The summed E-state index contributed by atoms with van der Waals surface area (Å²) >= 11 is 0. The van der Waals surface area contributed by atoms with E-state index in [0.29, 0.717) is 12.8 Å². The Morgan fingerprint density at radius 2 is 0.755 bits per heavy atom. The molecule has 139 heavy (non-hydrogen) atoms. The number of carbonyl (C=O) groups excluding carboxylic acids is 4. The molecule has 0 aromatic heterocycles. The van der Waals surface area contributed by atoms with E-state index < -0.39 is 315 Å². The van der Waals surface area contributed by atoms with Crippen LogP contribution < -0.4 is 21.3 Å². The molecule has 0 saturated carbocycles. The number of allylic oxidation sites excluding steroid dienone is 3. The fourth-order valence-corrected chi connectivity index (χ4v) is 18.7. The zero-order valence-corrected chi connectivity index (χ0v) is 81.5. The molecule has 0 aromatic carbocycles. The highest BCUT2D eigenvalue weighted by molar-refractivity contribution is 5.77. The molecule has 0 bridgehead atoms. The number of aliphatic hydroxyl groups is 20. The number of carboxylic acids is 1. The zero-order valence-electron chi connectivity index (χ0n) is 81.5. The van der Waals surface area contributed by atoms with E-state index in [0.717, 1.165) is 91.4 Å². The predicted molar refractivity (Wildman–Crippen MR) is 491 cm³/mol. The molecule has 38 atom stereocenters. The highest BCUT2D eigenvalue weighted by Gasteiger charge is 2.64. The molecule has 7 fully saturated rings. The van der Waals surface area contributed by atoms with E-state index in [2.05, 4.69) is 47.3 Å². The third-order valence-corrected chi connectivity index (χ3v) is 26.8. The molecule has 808 valence electrons. The zero-order chi connectivity index (χ0) is 102. The summed E-state index contributed by atoms with van der Waals surface area (Å²) < 4.78 is 85.1. The van der Waals surface area contributed by atoms with Crippen LogP contribution in [0.5, 0.6) is 0 Å². The summed E-state index contributed by atoms with van der Waals surface area (Å²) in [5.74, 6) is -8.94. The highest BCUT2D eigenvalue weighted by atomic mass is 16.8. The molecule has 7 aliphatic rings. The molecule has 25 N–H and O–H groups in total. The summed E-state index contributed by atoms with van der Waals surface area (Å²) in [7, 11) is 0. The van der Waals surface area contributed by atoms with Crippen molar-refractivity contribution in [1.29, 1.82) is 0 Å². The minimum atomic E-state index is -3.49. The van der Waals surface area contributed by atoms with Gasteiger partial charge in [0.05, 0.1) is 76.6 Å². The van der Waals surface area contributed by atoms with Gasteiger partial charge in [0.25, 0.3) is 5.79 Å². The van der Waals surface area contributed by atoms with Gasteiger partial charge in [-0.3, -0.25) is 19.2 Å². The molecule has 14 unspecified atom stereocenters. The summed E-state index contributed by atoms with van der Waals surface area (Å²) in [5, 5.41) is 250. The van der Waals surface area contributed by atoms with Crippen LogP contribution in [0.15, 0.2) is 24.3 Å². The Kier molecular flexibility index (Phi) is 55.8. The maximum Gasteiger partial charge on any atom is 0.364 e. The average Bonchev–Trinajstić information content (AvgIpc) is 0.737. The molecule has 7 aliphatic heterocycles. The van der Waals surface area contributed by atoms with Gasteiger partial charge in [-0.05, 0) is 51.9 Å². The second-order valence-electron chi connectivity index (χ2n) is 38.1. The monoisotopic (exact) mass is 2010 g/mol. The fraction of sp³-hybridized carbons (Fsp3) is 0.905. The second-order valence-corrected chi connectivity index (χ2v) is 38.1. The number of carbonyl (C=O) groups is 5. The fourth-order valence-electron chi connectivity index (χ4n) is 18.7. The van der Waals surface area contributed by atoms with Crippen molar-refractivity contribution >= 4 is 29.6 Å². The first-order valence-electron chi connectivity index (χ1n) is 50.6. The molecule has 44 heteroatoms. The van der Waals surface area contributed by atoms with Crippen molar-refractivity contribution < 1.29 is 198 Å². The minimum absolute atomic E-state index is 0.0975. The highest BCUT2D eigenvalue weighted by Crippen LogP contribution is 2.43. The third kappa shape index (κ3) is 37.1. The van der Waals surface area contributed by atoms with Crippen LogP contribution in [0.25, 0.3) is 0 Å². The lowest BCUT2D eigenvalue weighted by molar-refractivity contribution is -0.404. The lowest BCUT2D eigenvalue weighted by Crippen LogP contribution is -2.72. The first-order chi connectivity index (χ1) is 66.6. The van der Waals surface area contributed by atoms with Gasteiger partial charge in [0.2, 0.25) is 23.6 Å². The number of aliphatic hydroxyl groups excluding tert-OH is 20. The Bertz CT molecular complexity index is 3480. The standard InChI is InChI=1S/C95H168N4O40/c1-7-9-11-13-15-17-19-21-22-23-24-25-26-27-28-29-30-32-34-36-38-40-42-44-66(112)99-57(58(109)43-41-39-37-35-33-31-20-18-16-14-12-10-8-2)52-126-90-78(121)76(119)81(64(50-104)131-90)133-93-80(123)87(139-95(94(124)125)45-59(110)67(96-54(4)106)85(138-95)71(114)60(111)46-100)82(65(51-105)132-93)134-88-68(97-55(5)107)84(73(116)61(47-101)128-88)136-92-79(122)86(74(117)63(49-103)130-92)137-89-69(98-56(6)108)83(72(115)62(48-102)129-89)135-91-77(120)75(118)70(113)53(3)127-91/h21-22,41,43,53,57-65,67-93,100-105,109-111,113-123H,7-20,23-40,42,44-52H2,1-6H3,(H,96,106)(H,97,107)(H,98,108)(H,99,112)(H,124,125)/b22-21-,43-41+/t53?,57-,58+,59?,60+,61?,62?,63?,64?,65?,67+,68?,69?,70+,71+,72+,73-,74-,75?,76+,77-,78?,79?,80?,81+,82-,83+,84+,85?,86-,87+,88-,89-,90+,91+,92-,93-,95-/m0/s1. The Morgan fingerprint density at radius 3 is 1.20 bits per heavy atom. The summed E-state index contributed by atoms with van der Waals surface area (Å²) in [6.45, 7) is 0.910. The molecule has 0 aliphatic carbocycles. The number of hydrogen-bond acceptors (Lipinski definition) is 39. The molecule has 0 radical (unpaired) electrons. The van der Waals surface area contributed by atoms with Gasteiger partial charge < -0.3 is 195 Å². The predicted octanol–water partition coefficient (Wildman–Crippen LogP) is -1.33. The first-order valence-corrected chi connectivity index (χ1v) is 50.6. The van der Waals surface area contributed by atoms with Crippen molar-refractivity contribution in [3.05, 3.63) is 24.3 Å². The van der Waals surface area contributed by atoms with Crippen molar-refractivity contribution in [3.63, 3.8) is 0 Å². The number of amides is 4. The van der Waals surface area contributed by atoms with Gasteiger partial charge in [-0.25, -0.2) is 4.79 Å². The normalized spacial score (nSPS) is 36.1. The lowest BCUT2D eigenvalue weighted by Gasteiger charge is -2.53. The van der Waals surface area contributed by atoms with Gasteiger partial charge in [0.15, 0.2) is 37.7 Å². The van der Waals surface area contributed by atoms with Crippen molar-refractivity contribution in [3.8, 4) is 0 Å². The van der Waals surface area contributed by atoms with Crippen LogP contribution in [0.1, 0.15) is 266 Å². The van der Waals surface area contributed by atoms with E-state index in [-0.39, 0.29) is 6.42 Å². The van der Waals surface area contributed by atoms with Crippen LogP contribution in [0.2, 0.25) is 0 Å². The SMILES string of the molecule is CCCCCCCC/C=C\CCCCCCCCCCCCCCCC(=O)N[C@@H](CO[C@@H]1OC(CO)[C@@H](O[C@@H]2OC(CO)[C@H](O[C@@H]3OC(CO)[C@H](O)[C@H](O[C@@H]4OC(CO)[C@H](O)[C@H](O[C@@H]5OC(CO)[C@@H](O)[C@H](O[C@H]6OC(C)[C@@H](O)C(O)[C@@H]6O)C5NC(C)=O)C4O)C3NC(C)=O)[C@H](O[C@]3(C(=O)O)CC(O)[C@@H](NC(C)=O)C([C@H](O)[C@H](O)CO)O3)C2O)[C@H](O)C1O)[C@H](O)/C=C/CCCCCCCCCCCCC. The quantitative estimate of drug-likeness (QED) is 0.0248. The van der Waals surface area contributed by atoms with Crippen molar-refractivity contribution in [2.24, 2.45) is 0 Å². The molecule has 7 rings (SSSR count). The maximum absolute atomic E-state index is 14.1. The second kappa shape index (κ2) is 63.9. The molecular weight excluding hydrogens is 1840 g/mol. The van der Waals surface area contributed by atoms with E-state index in [4.69, 9.17) is 66.3 Å². The van der Waals surface area contributed by atoms with Gasteiger partial charge in [0.1, 0.15) is 159 Å².